The van der Waals surface area contributed by atoms with Crippen molar-refractivity contribution in [3.63, 3.8) is 0 Å². The van der Waals surface area contributed by atoms with Crippen LogP contribution in [0, 0.1) is 19.8 Å². The van der Waals surface area contributed by atoms with Gasteiger partial charge in [0.1, 0.15) is 11.8 Å². The maximum atomic E-state index is 12.8. The summed E-state index contributed by atoms with van der Waals surface area (Å²) in [7, 11) is 0. The lowest BCUT2D eigenvalue weighted by Gasteiger charge is -2.11. The van der Waals surface area contributed by atoms with Gasteiger partial charge in [0.15, 0.2) is 5.69 Å². The number of amides is 1. The molecule has 0 spiro atoms. The Labute approximate surface area is 179 Å². The molecule has 162 valence electrons. The van der Waals surface area contributed by atoms with Gasteiger partial charge in [-0.05, 0) is 57.1 Å². The Balaban J connectivity index is 1.43. The van der Waals surface area contributed by atoms with Crippen molar-refractivity contribution >= 4 is 16.9 Å². The van der Waals surface area contributed by atoms with Gasteiger partial charge in [-0.25, -0.2) is 9.97 Å². The van der Waals surface area contributed by atoms with Crippen molar-refractivity contribution in [1.82, 2.24) is 30.0 Å². The van der Waals surface area contributed by atoms with Crippen molar-refractivity contribution in [3.05, 3.63) is 41.1 Å². The number of rotatable bonds is 8. The molecule has 9 heteroatoms. The van der Waals surface area contributed by atoms with Gasteiger partial charge in [-0.15, -0.1) is 0 Å². The number of pyridine rings is 1. The van der Waals surface area contributed by atoms with Crippen LogP contribution in [0.2, 0.25) is 0 Å². The fourth-order valence-corrected chi connectivity index (χ4v) is 3.47. The lowest BCUT2D eigenvalue weighted by molar-refractivity contribution is 0.0892. The minimum absolute atomic E-state index is 0.221. The fraction of sp³-hybridized carbons (Fsp3) is 0.500. The molecule has 0 atom stereocenters. The van der Waals surface area contributed by atoms with Crippen LogP contribution in [0.3, 0.4) is 0 Å². The number of nitrogens with zero attached hydrogens (tertiary/aromatic N) is 5. The molecule has 31 heavy (non-hydrogen) atoms. The number of fused-ring (bicyclic) bond motifs is 1. The number of carbonyl (C=O) groups excluding carboxylic acids is 1. The molecule has 3 aromatic heterocycles. The summed E-state index contributed by atoms with van der Waals surface area (Å²) in [6.07, 6.45) is 7.06. The molecule has 0 radical (unpaired) electrons. The highest BCUT2D eigenvalue weighted by Crippen LogP contribution is 2.34. The maximum absolute atomic E-state index is 12.8. The van der Waals surface area contributed by atoms with Crippen LogP contribution in [0.1, 0.15) is 53.0 Å². The van der Waals surface area contributed by atoms with Crippen molar-refractivity contribution in [1.29, 1.82) is 0 Å². The summed E-state index contributed by atoms with van der Waals surface area (Å²) in [6, 6.07) is 1.96. The van der Waals surface area contributed by atoms with E-state index in [1.165, 1.54) is 19.2 Å². The van der Waals surface area contributed by atoms with Gasteiger partial charge in [-0.2, -0.15) is 5.10 Å². The average Bonchev–Trinajstić information content (AvgIpc) is 3.68. The molecular weight excluding hydrogens is 396 g/mol. The Morgan fingerprint density at radius 3 is 2.84 bits per heavy atom. The highest BCUT2D eigenvalue weighted by Gasteiger charge is 2.40. The first-order valence-electron chi connectivity index (χ1n) is 10.7. The zero-order valence-corrected chi connectivity index (χ0v) is 17.8. The monoisotopic (exact) mass is 422 g/mol. The Morgan fingerprint density at radius 2 is 2.10 bits per heavy atom. The molecule has 2 aliphatic carbocycles. The zero-order valence-electron chi connectivity index (χ0n) is 17.8. The number of aryl methyl sites for hydroxylation is 1. The molecule has 0 saturated heterocycles. The normalized spacial score (nSPS) is 17.0. The molecule has 0 unspecified atom stereocenters. The number of nitrogens with one attached hydrogen (secondary N) is 1. The molecule has 2 N–H and O–H groups in total. The fourth-order valence-electron chi connectivity index (χ4n) is 3.47. The first-order valence-corrected chi connectivity index (χ1v) is 10.7. The lowest BCUT2D eigenvalue weighted by Crippen LogP contribution is -2.33. The molecule has 3 heterocycles. The molecule has 9 nitrogen and oxygen atoms in total. The van der Waals surface area contributed by atoms with Gasteiger partial charge >= 0.3 is 0 Å². The summed E-state index contributed by atoms with van der Waals surface area (Å²) >= 11 is 0. The molecule has 5 rings (SSSR count). The van der Waals surface area contributed by atoms with Gasteiger partial charge in [0.2, 0.25) is 5.88 Å². The number of hydrogen-bond donors (Lipinski definition) is 2. The van der Waals surface area contributed by atoms with Gasteiger partial charge in [-0.1, -0.05) is 0 Å². The van der Waals surface area contributed by atoms with Gasteiger partial charge in [0.05, 0.1) is 30.0 Å². The summed E-state index contributed by atoms with van der Waals surface area (Å²) in [5, 5.41) is 17.4. The quantitative estimate of drug-likeness (QED) is 0.570. The third-order valence-electron chi connectivity index (χ3n) is 5.94. The first-order chi connectivity index (χ1) is 14.9. The third-order valence-corrected chi connectivity index (χ3v) is 5.94. The van der Waals surface area contributed by atoms with E-state index in [2.05, 4.69) is 25.4 Å². The number of carbonyl (C=O) groups is 1. The highest BCUT2D eigenvalue weighted by molar-refractivity contribution is 6.03. The van der Waals surface area contributed by atoms with Crippen LogP contribution in [-0.2, 0) is 6.54 Å². The SMILES string of the molecule is Cc1cnc2c(C(=O)NCC3(O)CC3)nn(Cc3ncnc(OCC4CC4)c3C)c2c1. The third kappa shape index (κ3) is 4.23. The zero-order chi connectivity index (χ0) is 21.6. The Hall–Kier alpha value is -3.07. The summed E-state index contributed by atoms with van der Waals surface area (Å²) in [4.78, 5) is 25.9. The molecule has 3 aromatic rings. The van der Waals surface area contributed by atoms with E-state index in [1.54, 1.807) is 10.9 Å². The van der Waals surface area contributed by atoms with E-state index in [1.807, 2.05) is 19.9 Å². The van der Waals surface area contributed by atoms with Crippen molar-refractivity contribution in [2.24, 2.45) is 5.92 Å². The molecular formula is C22H26N6O3. The van der Waals surface area contributed by atoms with Crippen molar-refractivity contribution in [3.8, 4) is 5.88 Å². The smallest absolute Gasteiger partial charge is 0.274 e. The van der Waals surface area contributed by atoms with E-state index in [4.69, 9.17) is 4.74 Å². The van der Waals surface area contributed by atoms with Crippen LogP contribution in [-0.4, -0.2) is 54.5 Å². The minimum atomic E-state index is -0.771. The molecule has 1 amide bonds. The van der Waals surface area contributed by atoms with E-state index in [9.17, 15) is 9.90 Å². The van der Waals surface area contributed by atoms with E-state index in [0.29, 0.717) is 43.3 Å². The second kappa shape index (κ2) is 7.56. The molecule has 2 aliphatic rings. The molecule has 0 bridgehead atoms. The summed E-state index contributed by atoms with van der Waals surface area (Å²) in [6.45, 7) is 5.16. The van der Waals surface area contributed by atoms with Crippen LogP contribution in [0.15, 0.2) is 18.6 Å². The predicted molar refractivity (Wildman–Crippen MR) is 113 cm³/mol. The molecule has 0 aromatic carbocycles. The average molecular weight is 422 g/mol. The van der Waals surface area contributed by atoms with Crippen molar-refractivity contribution < 1.29 is 14.6 Å². The van der Waals surface area contributed by atoms with E-state index < -0.39 is 5.60 Å². The standard InChI is InChI=1S/C22H26N6O3/c1-13-7-17-18(23-8-13)19(20(29)24-11-22(30)5-6-22)27-28(17)9-16-14(2)21(26-12-25-16)31-10-15-3-4-15/h7-8,12,15,30H,3-6,9-11H2,1-2H3,(H,24,29). The number of ether oxygens (including phenoxy) is 1. The van der Waals surface area contributed by atoms with Crippen LogP contribution >= 0.6 is 0 Å². The van der Waals surface area contributed by atoms with E-state index in [0.717, 1.165) is 22.3 Å². The van der Waals surface area contributed by atoms with Gasteiger partial charge in [-0.3, -0.25) is 14.5 Å². The first kappa shape index (κ1) is 19.9. The van der Waals surface area contributed by atoms with Gasteiger partial charge < -0.3 is 15.2 Å². The van der Waals surface area contributed by atoms with Crippen molar-refractivity contribution in [2.75, 3.05) is 13.2 Å². The van der Waals surface area contributed by atoms with E-state index in [-0.39, 0.29) is 18.1 Å². The highest BCUT2D eigenvalue weighted by atomic mass is 16.5. The van der Waals surface area contributed by atoms with Crippen LogP contribution in [0.25, 0.3) is 11.0 Å². The van der Waals surface area contributed by atoms with E-state index >= 15 is 0 Å². The predicted octanol–water partition coefficient (Wildman–Crippen LogP) is 1.93. The number of aromatic nitrogens is 5. The van der Waals surface area contributed by atoms with Gasteiger partial charge in [0.25, 0.3) is 5.91 Å². The van der Waals surface area contributed by atoms with Gasteiger partial charge in [0, 0.05) is 18.3 Å². The molecule has 0 aliphatic heterocycles. The summed E-state index contributed by atoms with van der Waals surface area (Å²) < 4.78 is 7.62. The second-order valence-corrected chi connectivity index (χ2v) is 8.80. The summed E-state index contributed by atoms with van der Waals surface area (Å²) in [5.74, 6) is 0.892. The van der Waals surface area contributed by atoms with Crippen LogP contribution < -0.4 is 10.1 Å². The van der Waals surface area contributed by atoms with Crippen molar-refractivity contribution in [2.45, 2.75) is 51.7 Å². The maximum Gasteiger partial charge on any atom is 0.274 e. The van der Waals surface area contributed by atoms with Crippen LogP contribution in [0.4, 0.5) is 0 Å². The molecule has 2 fully saturated rings. The lowest BCUT2D eigenvalue weighted by atomic mass is 10.2. The number of hydrogen-bond acceptors (Lipinski definition) is 7. The molecule has 2 saturated carbocycles. The Morgan fingerprint density at radius 1 is 1.29 bits per heavy atom. The Bertz CT molecular complexity index is 1150. The largest absolute Gasteiger partial charge is 0.477 e. The topological polar surface area (TPSA) is 115 Å². The van der Waals surface area contributed by atoms with Crippen LogP contribution in [0.5, 0.6) is 5.88 Å². The number of aliphatic hydroxyl groups is 1. The Kier molecular flexibility index (Phi) is 4.85. The summed E-state index contributed by atoms with van der Waals surface area (Å²) in [5.41, 5.74) is 3.39. The second-order valence-electron chi connectivity index (χ2n) is 8.80. The minimum Gasteiger partial charge on any atom is -0.477 e.